The Kier molecular flexibility index (Phi) is 11.7. The fourth-order valence-corrected chi connectivity index (χ4v) is 3.88. The molecule has 0 aliphatic carbocycles. The van der Waals surface area contributed by atoms with Gasteiger partial charge in [0.2, 0.25) is 0 Å². The van der Waals surface area contributed by atoms with Gasteiger partial charge in [0.15, 0.2) is 0 Å². The van der Waals surface area contributed by atoms with Crippen molar-refractivity contribution in [3.8, 4) is 0 Å². The fraction of sp³-hybridized carbons (Fsp3) is 0.556. The number of fused-ring (bicyclic) bond motifs is 1. The molecule has 0 amide bonds. The minimum Gasteiger partial charge on any atom is -0.0885 e. The van der Waals surface area contributed by atoms with Crippen molar-refractivity contribution < 1.29 is 0 Å². The van der Waals surface area contributed by atoms with Crippen LogP contribution in [0.1, 0.15) is 96.0 Å². The quantitative estimate of drug-likeness (QED) is 0.218. The van der Waals surface area contributed by atoms with Crippen molar-refractivity contribution in [1.29, 1.82) is 0 Å². The lowest BCUT2D eigenvalue weighted by atomic mass is 9.99. The number of hydrogen-bond acceptors (Lipinski definition) is 0. The maximum atomic E-state index is 2.39. The highest BCUT2D eigenvalue weighted by molar-refractivity contribution is 5.85. The van der Waals surface area contributed by atoms with E-state index in [-0.39, 0.29) is 0 Å². The Hall–Kier alpha value is -1.56. The molecule has 0 radical (unpaired) electrons. The van der Waals surface area contributed by atoms with Gasteiger partial charge in [-0.25, -0.2) is 0 Å². The fourth-order valence-electron chi connectivity index (χ4n) is 3.88. The molecule has 0 spiro atoms. The van der Waals surface area contributed by atoms with Crippen molar-refractivity contribution in [3.63, 3.8) is 0 Å². The van der Waals surface area contributed by atoms with Crippen molar-refractivity contribution in [2.45, 2.75) is 96.8 Å². The van der Waals surface area contributed by atoms with Crippen LogP contribution in [-0.4, -0.2) is 0 Å². The van der Waals surface area contributed by atoms with Gasteiger partial charge in [0.25, 0.3) is 0 Å². The van der Waals surface area contributed by atoms with Crippen LogP contribution in [0.15, 0.2) is 54.6 Å². The van der Waals surface area contributed by atoms with Crippen LogP contribution in [-0.2, 0) is 6.42 Å². The minimum absolute atomic E-state index is 1.23. The van der Waals surface area contributed by atoms with Crippen LogP contribution in [0, 0.1) is 0 Å². The van der Waals surface area contributed by atoms with E-state index in [2.05, 4.69) is 61.5 Å². The Balaban J connectivity index is 1.42. The second kappa shape index (κ2) is 14.5. The largest absolute Gasteiger partial charge is 0.0885 e. The molecule has 2 rings (SSSR count). The topological polar surface area (TPSA) is 0 Å². The van der Waals surface area contributed by atoms with E-state index in [0.717, 1.165) is 0 Å². The normalized spacial score (nSPS) is 11.6. The van der Waals surface area contributed by atoms with E-state index in [0.29, 0.717) is 0 Å². The van der Waals surface area contributed by atoms with Gasteiger partial charge in [-0.3, -0.25) is 0 Å². The van der Waals surface area contributed by atoms with Crippen LogP contribution in [0.5, 0.6) is 0 Å². The van der Waals surface area contributed by atoms with Crippen molar-refractivity contribution >= 4 is 10.8 Å². The summed E-state index contributed by atoms with van der Waals surface area (Å²) in [5.74, 6) is 0. The summed E-state index contributed by atoms with van der Waals surface area (Å²) in [4.78, 5) is 0. The molecule has 0 N–H and O–H groups in total. The van der Waals surface area contributed by atoms with Crippen molar-refractivity contribution in [2.24, 2.45) is 0 Å². The van der Waals surface area contributed by atoms with Crippen molar-refractivity contribution in [1.82, 2.24) is 0 Å². The molecule has 0 fully saturated rings. The number of allylic oxidation sites excluding steroid dienone is 2. The van der Waals surface area contributed by atoms with Gasteiger partial charge in [0, 0.05) is 0 Å². The Morgan fingerprint density at radius 3 is 1.93 bits per heavy atom. The van der Waals surface area contributed by atoms with Crippen LogP contribution >= 0.6 is 0 Å². The summed E-state index contributed by atoms with van der Waals surface area (Å²) in [6.45, 7) is 2.26. The lowest BCUT2D eigenvalue weighted by Gasteiger charge is -2.06. The molecule has 148 valence electrons. The lowest BCUT2D eigenvalue weighted by Crippen LogP contribution is -1.88. The summed E-state index contributed by atoms with van der Waals surface area (Å²) in [7, 11) is 0. The van der Waals surface area contributed by atoms with Gasteiger partial charge < -0.3 is 0 Å². The highest BCUT2D eigenvalue weighted by Crippen LogP contribution is 2.21. The monoisotopic (exact) mass is 364 g/mol. The van der Waals surface area contributed by atoms with Gasteiger partial charge in [-0.15, -0.1) is 0 Å². The second-order valence-corrected chi connectivity index (χ2v) is 7.97. The van der Waals surface area contributed by atoms with E-state index >= 15 is 0 Å². The molecule has 0 saturated carbocycles. The summed E-state index contributed by atoms with van der Waals surface area (Å²) in [5, 5.41) is 2.83. The number of benzene rings is 2. The molecule has 0 unspecified atom stereocenters. The zero-order chi connectivity index (χ0) is 19.0. The first-order chi connectivity index (χ1) is 13.4. The van der Waals surface area contributed by atoms with Crippen LogP contribution in [0.3, 0.4) is 0 Å². The van der Waals surface area contributed by atoms with Crippen molar-refractivity contribution in [2.75, 3.05) is 0 Å². The molecular formula is C27H40. The molecule has 0 aliphatic heterocycles. The molecule has 27 heavy (non-hydrogen) atoms. The molecule has 0 bridgehead atoms. The van der Waals surface area contributed by atoms with Crippen LogP contribution < -0.4 is 0 Å². The van der Waals surface area contributed by atoms with Gasteiger partial charge in [-0.1, -0.05) is 119 Å². The molecule has 0 aromatic heterocycles. The van der Waals surface area contributed by atoms with E-state index in [1.54, 1.807) is 0 Å². The Labute approximate surface area is 168 Å². The molecule has 0 nitrogen and oxygen atoms in total. The summed E-state index contributed by atoms with van der Waals surface area (Å²) in [6.07, 6.45) is 23.9. The summed E-state index contributed by atoms with van der Waals surface area (Å²) in [5.41, 5.74) is 1.52. The minimum atomic E-state index is 1.23. The molecule has 2 aromatic carbocycles. The third-order valence-corrected chi connectivity index (χ3v) is 5.59. The van der Waals surface area contributed by atoms with Gasteiger partial charge in [0.1, 0.15) is 0 Å². The van der Waals surface area contributed by atoms with E-state index in [1.165, 1.54) is 106 Å². The first-order valence-corrected chi connectivity index (χ1v) is 11.5. The van der Waals surface area contributed by atoms with Crippen LogP contribution in [0.25, 0.3) is 10.8 Å². The van der Waals surface area contributed by atoms with Crippen LogP contribution in [0.4, 0.5) is 0 Å². The standard InChI is InChI=1S/C27H40/c1-2-3-4-5-6-7-8-9-10-11-12-13-14-15-16-20-25-22-19-23-26-21-17-18-24-27(25)26/h5-6,17-19,21-24H,2-4,7-16,20H2,1H3/b6-5+. The molecule has 0 atom stereocenters. The molecule has 2 aromatic rings. The van der Waals surface area contributed by atoms with Crippen LogP contribution in [0.2, 0.25) is 0 Å². The predicted molar refractivity (Wildman–Crippen MR) is 122 cm³/mol. The SMILES string of the molecule is CCCC/C=C/CCCCCCCCCCCc1cccc2ccccc12. The van der Waals surface area contributed by atoms with E-state index in [4.69, 9.17) is 0 Å². The third kappa shape index (κ3) is 9.27. The molecule has 0 heterocycles. The maximum absolute atomic E-state index is 2.39. The summed E-state index contributed by atoms with van der Waals surface area (Å²) < 4.78 is 0. The zero-order valence-electron chi connectivity index (χ0n) is 17.6. The van der Waals surface area contributed by atoms with E-state index in [1.807, 2.05) is 0 Å². The molecular weight excluding hydrogens is 324 g/mol. The van der Waals surface area contributed by atoms with Gasteiger partial charge >= 0.3 is 0 Å². The van der Waals surface area contributed by atoms with E-state index in [9.17, 15) is 0 Å². The highest BCUT2D eigenvalue weighted by atomic mass is 14.1. The molecule has 0 aliphatic rings. The second-order valence-electron chi connectivity index (χ2n) is 7.97. The Bertz CT molecular complexity index is 632. The summed E-state index contributed by atoms with van der Waals surface area (Å²) in [6, 6.07) is 15.5. The van der Waals surface area contributed by atoms with E-state index < -0.39 is 0 Å². The first-order valence-electron chi connectivity index (χ1n) is 11.5. The third-order valence-electron chi connectivity index (χ3n) is 5.59. The molecule has 0 saturated heterocycles. The maximum Gasteiger partial charge on any atom is -0.0152 e. The smallest absolute Gasteiger partial charge is 0.0152 e. The number of hydrogen-bond donors (Lipinski definition) is 0. The van der Waals surface area contributed by atoms with Gasteiger partial charge in [-0.2, -0.15) is 0 Å². The summed E-state index contributed by atoms with van der Waals surface area (Å²) >= 11 is 0. The Morgan fingerprint density at radius 1 is 0.593 bits per heavy atom. The highest BCUT2D eigenvalue weighted by Gasteiger charge is 2.00. The average Bonchev–Trinajstić information content (AvgIpc) is 2.71. The Morgan fingerprint density at radius 2 is 1.19 bits per heavy atom. The first kappa shape index (κ1) is 21.7. The number of unbranched alkanes of at least 4 members (excludes halogenated alkanes) is 11. The number of aryl methyl sites for hydroxylation is 1. The zero-order valence-corrected chi connectivity index (χ0v) is 17.6. The number of rotatable bonds is 15. The predicted octanol–water partition coefficient (Wildman–Crippen LogP) is 9.03. The van der Waals surface area contributed by atoms with Gasteiger partial charge in [0.05, 0.1) is 0 Å². The lowest BCUT2D eigenvalue weighted by molar-refractivity contribution is 0.560. The molecule has 0 heteroatoms. The van der Waals surface area contributed by atoms with Crippen molar-refractivity contribution in [3.05, 3.63) is 60.2 Å². The average molecular weight is 365 g/mol. The van der Waals surface area contributed by atoms with Gasteiger partial charge in [-0.05, 0) is 48.4 Å².